The van der Waals surface area contributed by atoms with Crippen LogP contribution in [-0.2, 0) is 12.7 Å². The first-order valence-electron chi connectivity index (χ1n) is 6.92. The molecular weight excluding hydrogens is 327 g/mol. The second-order valence-corrected chi connectivity index (χ2v) is 4.98. The van der Waals surface area contributed by atoms with Crippen LogP contribution in [0.2, 0.25) is 0 Å². The van der Waals surface area contributed by atoms with Crippen molar-refractivity contribution in [3.8, 4) is 0 Å². The summed E-state index contributed by atoms with van der Waals surface area (Å²) < 4.78 is 38.4. The number of aromatic nitrogens is 2. The van der Waals surface area contributed by atoms with Gasteiger partial charge < -0.3 is 15.0 Å². The number of hydrogen-bond donors (Lipinski definition) is 2. The van der Waals surface area contributed by atoms with Crippen LogP contribution in [0.15, 0.2) is 47.5 Å². The molecular formula is C15H14F3N3O3. The lowest BCUT2D eigenvalue weighted by Crippen LogP contribution is -2.36. The Bertz CT molecular complexity index is 757. The van der Waals surface area contributed by atoms with Crippen LogP contribution >= 0.6 is 0 Å². The van der Waals surface area contributed by atoms with Crippen LogP contribution in [0.4, 0.5) is 13.2 Å². The Balaban J connectivity index is 1.91. The van der Waals surface area contributed by atoms with E-state index in [-0.39, 0.29) is 24.2 Å². The van der Waals surface area contributed by atoms with E-state index >= 15 is 0 Å². The molecule has 2 aromatic rings. The average molecular weight is 341 g/mol. The third-order valence-corrected chi connectivity index (χ3v) is 3.12. The summed E-state index contributed by atoms with van der Waals surface area (Å²) in [5.41, 5.74) is -1.45. The van der Waals surface area contributed by atoms with Gasteiger partial charge in [-0.1, -0.05) is 6.07 Å². The van der Waals surface area contributed by atoms with Gasteiger partial charge in [0.15, 0.2) is 0 Å². The zero-order chi connectivity index (χ0) is 17.7. The molecule has 2 rings (SSSR count). The number of amides is 1. The maximum absolute atomic E-state index is 12.4. The van der Waals surface area contributed by atoms with Gasteiger partial charge in [0.25, 0.3) is 11.5 Å². The van der Waals surface area contributed by atoms with E-state index in [1.165, 1.54) is 16.8 Å². The van der Waals surface area contributed by atoms with Crippen molar-refractivity contribution in [3.05, 3.63) is 64.3 Å². The second kappa shape index (κ2) is 7.26. The first kappa shape index (κ1) is 17.7. The molecule has 24 heavy (non-hydrogen) atoms. The average Bonchev–Trinajstić information content (AvgIpc) is 2.54. The quantitative estimate of drug-likeness (QED) is 0.852. The summed E-state index contributed by atoms with van der Waals surface area (Å²) in [6.07, 6.45) is -3.30. The van der Waals surface area contributed by atoms with Crippen LogP contribution in [0.25, 0.3) is 0 Å². The molecule has 2 heterocycles. The number of carbonyl (C=O) groups excluding carboxylic acids is 1. The van der Waals surface area contributed by atoms with Gasteiger partial charge in [0.2, 0.25) is 0 Å². The summed E-state index contributed by atoms with van der Waals surface area (Å²) in [4.78, 5) is 26.5. The normalized spacial score (nSPS) is 12.7. The molecule has 0 aliphatic heterocycles. The standard InChI is InChI=1S/C15H14F3N3O3/c16-15(17,18)12-5-4-10(7-19-12)14(24)20-8-11(22)9-21-6-2-1-3-13(21)23/h1-7,11,22H,8-9H2,(H,20,24). The smallest absolute Gasteiger partial charge is 0.389 e. The minimum atomic E-state index is -4.58. The lowest BCUT2D eigenvalue weighted by molar-refractivity contribution is -0.141. The molecule has 2 N–H and O–H groups in total. The number of carbonyl (C=O) groups is 1. The fraction of sp³-hybridized carbons (Fsp3) is 0.267. The van der Waals surface area contributed by atoms with E-state index in [1.54, 1.807) is 12.1 Å². The van der Waals surface area contributed by atoms with Crippen LogP contribution in [0.1, 0.15) is 16.1 Å². The van der Waals surface area contributed by atoms with Crippen LogP contribution in [0, 0.1) is 0 Å². The fourth-order valence-corrected chi connectivity index (χ4v) is 1.91. The van der Waals surface area contributed by atoms with Crippen molar-refractivity contribution in [3.63, 3.8) is 0 Å². The van der Waals surface area contributed by atoms with E-state index in [9.17, 15) is 27.9 Å². The number of pyridine rings is 2. The predicted molar refractivity (Wildman–Crippen MR) is 78.3 cm³/mol. The van der Waals surface area contributed by atoms with E-state index in [0.29, 0.717) is 6.07 Å². The third-order valence-electron chi connectivity index (χ3n) is 3.12. The zero-order valence-electron chi connectivity index (χ0n) is 12.3. The molecule has 0 aliphatic rings. The monoisotopic (exact) mass is 341 g/mol. The van der Waals surface area contributed by atoms with E-state index in [2.05, 4.69) is 10.3 Å². The molecule has 1 atom stereocenters. The van der Waals surface area contributed by atoms with Crippen LogP contribution in [0.5, 0.6) is 0 Å². The highest BCUT2D eigenvalue weighted by atomic mass is 19.4. The molecule has 0 saturated carbocycles. The first-order valence-corrected chi connectivity index (χ1v) is 6.92. The maximum Gasteiger partial charge on any atom is 0.433 e. The van der Waals surface area contributed by atoms with Gasteiger partial charge in [-0.25, -0.2) is 0 Å². The number of hydrogen-bond acceptors (Lipinski definition) is 4. The van der Waals surface area contributed by atoms with Gasteiger partial charge in [0, 0.05) is 25.0 Å². The van der Waals surface area contributed by atoms with E-state index in [1.807, 2.05) is 0 Å². The number of nitrogens with zero attached hydrogens (tertiary/aromatic N) is 2. The molecule has 6 nitrogen and oxygen atoms in total. The highest BCUT2D eigenvalue weighted by Crippen LogP contribution is 2.27. The van der Waals surface area contributed by atoms with Gasteiger partial charge in [0.1, 0.15) is 5.69 Å². The van der Waals surface area contributed by atoms with E-state index < -0.39 is 23.9 Å². The molecule has 1 amide bonds. The highest BCUT2D eigenvalue weighted by molar-refractivity contribution is 5.93. The summed E-state index contributed by atoms with van der Waals surface area (Å²) in [5, 5.41) is 12.2. The number of nitrogens with one attached hydrogen (secondary N) is 1. The van der Waals surface area contributed by atoms with Crippen molar-refractivity contribution in [2.24, 2.45) is 0 Å². The molecule has 2 aromatic heterocycles. The van der Waals surface area contributed by atoms with Gasteiger partial charge in [-0.3, -0.25) is 14.6 Å². The van der Waals surface area contributed by atoms with Crippen molar-refractivity contribution >= 4 is 5.91 Å². The summed E-state index contributed by atoms with van der Waals surface area (Å²) in [6.45, 7) is -0.188. The lowest BCUT2D eigenvalue weighted by Gasteiger charge is -2.13. The van der Waals surface area contributed by atoms with Gasteiger partial charge >= 0.3 is 6.18 Å². The van der Waals surface area contributed by atoms with E-state index in [4.69, 9.17) is 0 Å². The molecule has 0 aliphatic carbocycles. The van der Waals surface area contributed by atoms with Gasteiger partial charge in [-0.15, -0.1) is 0 Å². The topological polar surface area (TPSA) is 84.2 Å². The van der Waals surface area contributed by atoms with Crippen molar-refractivity contribution in [2.45, 2.75) is 18.8 Å². The molecule has 0 spiro atoms. The highest BCUT2D eigenvalue weighted by Gasteiger charge is 2.32. The largest absolute Gasteiger partial charge is 0.433 e. The minimum Gasteiger partial charge on any atom is -0.389 e. The number of alkyl halides is 3. The number of halogens is 3. The molecule has 0 saturated heterocycles. The molecule has 0 radical (unpaired) electrons. The van der Waals surface area contributed by atoms with Gasteiger partial charge in [-0.05, 0) is 18.2 Å². The Hall–Kier alpha value is -2.68. The second-order valence-electron chi connectivity index (χ2n) is 4.98. The van der Waals surface area contributed by atoms with Crippen molar-refractivity contribution < 1.29 is 23.1 Å². The van der Waals surface area contributed by atoms with E-state index in [0.717, 1.165) is 12.3 Å². The summed E-state index contributed by atoms with van der Waals surface area (Å²) in [6, 6.07) is 6.22. The summed E-state index contributed by atoms with van der Waals surface area (Å²) in [7, 11) is 0. The molecule has 1 unspecified atom stereocenters. The van der Waals surface area contributed by atoms with Crippen LogP contribution < -0.4 is 10.9 Å². The number of aliphatic hydroxyl groups is 1. The van der Waals surface area contributed by atoms with Crippen molar-refractivity contribution in [1.29, 1.82) is 0 Å². The van der Waals surface area contributed by atoms with Crippen LogP contribution in [-0.4, -0.2) is 33.2 Å². The first-order chi connectivity index (χ1) is 11.3. The maximum atomic E-state index is 12.4. The summed E-state index contributed by atoms with van der Waals surface area (Å²) >= 11 is 0. The Labute approximate surface area is 134 Å². The molecule has 0 bridgehead atoms. The van der Waals surface area contributed by atoms with Crippen molar-refractivity contribution in [1.82, 2.24) is 14.9 Å². The van der Waals surface area contributed by atoms with Crippen molar-refractivity contribution in [2.75, 3.05) is 6.54 Å². The molecule has 0 fully saturated rings. The Morgan fingerprint density at radius 2 is 2.04 bits per heavy atom. The Morgan fingerprint density at radius 1 is 1.29 bits per heavy atom. The number of aliphatic hydroxyl groups excluding tert-OH is 1. The van der Waals surface area contributed by atoms with Gasteiger partial charge in [-0.2, -0.15) is 13.2 Å². The lowest BCUT2D eigenvalue weighted by atomic mass is 10.2. The van der Waals surface area contributed by atoms with Gasteiger partial charge in [0.05, 0.1) is 18.2 Å². The molecule has 128 valence electrons. The van der Waals surface area contributed by atoms with Crippen LogP contribution in [0.3, 0.4) is 0 Å². The Morgan fingerprint density at radius 3 is 2.62 bits per heavy atom. The molecule has 0 aromatic carbocycles. The minimum absolute atomic E-state index is 0.0226. The SMILES string of the molecule is O=C(NCC(O)Cn1ccccc1=O)c1ccc(C(F)(F)F)nc1. The number of rotatable bonds is 5. The predicted octanol–water partition coefficient (Wildman–Crippen LogP) is 1.05. The zero-order valence-corrected chi connectivity index (χ0v) is 12.3. The third kappa shape index (κ3) is 4.66. The fourth-order valence-electron chi connectivity index (χ4n) is 1.91. The summed E-state index contributed by atoms with van der Waals surface area (Å²) in [5.74, 6) is -0.671. The Kier molecular flexibility index (Phi) is 5.35. The molecule has 9 heteroatoms.